The number of nitrogens with one attached hydrogen (secondary N) is 1. The number of alkyl halides is 1. The Kier molecular flexibility index (Phi) is 5.17. The van der Waals surface area contributed by atoms with Crippen LogP contribution in [0.25, 0.3) is 0 Å². The molecule has 0 heterocycles. The van der Waals surface area contributed by atoms with Crippen LogP contribution >= 0.6 is 11.6 Å². The second-order valence-electron chi connectivity index (χ2n) is 4.54. The Morgan fingerprint density at radius 2 is 2.00 bits per heavy atom. The summed E-state index contributed by atoms with van der Waals surface area (Å²) in [6.07, 6.45) is -1.55. The zero-order valence-electron chi connectivity index (χ0n) is 11.5. The molecule has 2 rings (SSSR count). The van der Waals surface area contributed by atoms with Gasteiger partial charge in [0.1, 0.15) is 5.75 Å². The maximum atomic E-state index is 13.8. The van der Waals surface area contributed by atoms with Gasteiger partial charge < -0.3 is 10.1 Å². The summed E-state index contributed by atoms with van der Waals surface area (Å²) in [5.74, 6) is 0.0189. The van der Waals surface area contributed by atoms with Crippen molar-refractivity contribution in [2.45, 2.75) is 13.2 Å². The first kappa shape index (κ1) is 15.3. The molecule has 110 valence electrons. The van der Waals surface area contributed by atoms with E-state index in [2.05, 4.69) is 5.32 Å². The van der Waals surface area contributed by atoms with Crippen LogP contribution in [-0.4, -0.2) is 12.5 Å². The molecule has 0 bridgehead atoms. The predicted octanol–water partition coefficient (Wildman–Crippen LogP) is 3.81. The first-order valence-corrected chi connectivity index (χ1v) is 6.81. The highest BCUT2D eigenvalue weighted by molar-refractivity contribution is 6.30. The summed E-state index contributed by atoms with van der Waals surface area (Å²) in [7, 11) is 0. The van der Waals surface area contributed by atoms with Crippen molar-refractivity contribution in [1.29, 1.82) is 0 Å². The molecule has 21 heavy (non-hydrogen) atoms. The van der Waals surface area contributed by atoms with Crippen LogP contribution in [0.2, 0.25) is 5.02 Å². The normalized spacial score (nSPS) is 11.8. The Labute approximate surface area is 127 Å². The van der Waals surface area contributed by atoms with Gasteiger partial charge in [0, 0.05) is 10.6 Å². The van der Waals surface area contributed by atoms with Gasteiger partial charge in [-0.15, -0.1) is 0 Å². The second kappa shape index (κ2) is 7.09. The van der Waals surface area contributed by atoms with Crippen molar-refractivity contribution in [1.82, 2.24) is 5.32 Å². The lowest BCUT2D eigenvalue weighted by Crippen LogP contribution is -2.30. The molecule has 0 aliphatic rings. The van der Waals surface area contributed by atoms with Crippen LogP contribution in [0.4, 0.5) is 4.39 Å². The van der Waals surface area contributed by atoms with E-state index in [0.29, 0.717) is 16.3 Å². The van der Waals surface area contributed by atoms with Crippen LogP contribution in [0.5, 0.6) is 5.75 Å². The van der Waals surface area contributed by atoms with Crippen LogP contribution in [-0.2, 0) is 4.79 Å². The molecular formula is C16H15ClFNO2. The fraction of sp³-hybridized carbons (Fsp3) is 0.188. The minimum absolute atomic E-state index is 0.254. The molecule has 0 saturated heterocycles. The Morgan fingerprint density at radius 1 is 1.29 bits per heavy atom. The van der Waals surface area contributed by atoms with Crippen molar-refractivity contribution in [3.05, 3.63) is 64.7 Å². The Balaban J connectivity index is 1.87. The molecule has 0 aliphatic carbocycles. The van der Waals surface area contributed by atoms with E-state index in [1.54, 1.807) is 48.5 Å². The smallest absolute Gasteiger partial charge is 0.260 e. The number of carbonyl (C=O) groups excluding carboxylic acids is 1. The molecule has 0 saturated carbocycles. The largest absolute Gasteiger partial charge is 0.484 e. The van der Waals surface area contributed by atoms with Crippen molar-refractivity contribution in [2.75, 3.05) is 6.61 Å². The van der Waals surface area contributed by atoms with Gasteiger partial charge in [-0.2, -0.15) is 0 Å². The average Bonchev–Trinajstić information content (AvgIpc) is 2.47. The highest BCUT2D eigenvalue weighted by Gasteiger charge is 2.13. The number of aryl methyl sites for hydroxylation is 1. The minimum atomic E-state index is -1.55. The molecule has 2 aromatic rings. The monoisotopic (exact) mass is 307 g/mol. The molecule has 1 atom stereocenters. The predicted molar refractivity (Wildman–Crippen MR) is 80.1 cm³/mol. The number of halogens is 2. The number of rotatable bonds is 5. The van der Waals surface area contributed by atoms with Crippen molar-refractivity contribution < 1.29 is 13.9 Å². The first-order valence-electron chi connectivity index (χ1n) is 6.43. The van der Waals surface area contributed by atoms with Gasteiger partial charge in [-0.25, -0.2) is 4.39 Å². The molecule has 5 heteroatoms. The van der Waals surface area contributed by atoms with Gasteiger partial charge in [-0.1, -0.05) is 41.9 Å². The quantitative estimate of drug-likeness (QED) is 0.853. The van der Waals surface area contributed by atoms with Crippen molar-refractivity contribution in [2.24, 2.45) is 0 Å². The van der Waals surface area contributed by atoms with E-state index < -0.39 is 12.2 Å². The summed E-state index contributed by atoms with van der Waals surface area (Å²) in [5.41, 5.74) is 1.21. The van der Waals surface area contributed by atoms with E-state index in [4.69, 9.17) is 16.3 Å². The van der Waals surface area contributed by atoms with E-state index in [9.17, 15) is 9.18 Å². The average molecular weight is 308 g/mol. The van der Waals surface area contributed by atoms with Crippen molar-refractivity contribution in [3.63, 3.8) is 0 Å². The standard InChI is InChI=1S/C16H15ClFNO2/c1-11-9-13(17)7-8-14(11)21-10-15(20)19-16(18)12-5-3-2-4-6-12/h2-9,16H,10H2,1H3,(H,19,20). The highest BCUT2D eigenvalue weighted by atomic mass is 35.5. The summed E-state index contributed by atoms with van der Waals surface area (Å²) >= 11 is 5.83. The Morgan fingerprint density at radius 3 is 2.67 bits per heavy atom. The van der Waals surface area contributed by atoms with Gasteiger partial charge >= 0.3 is 0 Å². The van der Waals surface area contributed by atoms with Crippen molar-refractivity contribution in [3.8, 4) is 5.75 Å². The number of ether oxygens (including phenoxy) is 1. The van der Waals surface area contributed by atoms with Crippen LogP contribution < -0.4 is 10.1 Å². The van der Waals surface area contributed by atoms with Gasteiger partial charge in [0.2, 0.25) is 0 Å². The lowest BCUT2D eigenvalue weighted by molar-refractivity contribution is -0.125. The SMILES string of the molecule is Cc1cc(Cl)ccc1OCC(=O)NC(F)c1ccccc1. The van der Waals surface area contributed by atoms with E-state index in [1.165, 1.54) is 0 Å². The summed E-state index contributed by atoms with van der Waals surface area (Å²) in [6, 6.07) is 13.5. The zero-order chi connectivity index (χ0) is 15.2. The summed E-state index contributed by atoms with van der Waals surface area (Å²) in [4.78, 5) is 11.7. The van der Waals surface area contributed by atoms with E-state index in [-0.39, 0.29) is 6.61 Å². The second-order valence-corrected chi connectivity index (χ2v) is 4.98. The Hall–Kier alpha value is -2.07. The molecule has 3 nitrogen and oxygen atoms in total. The van der Waals surface area contributed by atoms with Crippen LogP contribution in [0.3, 0.4) is 0 Å². The van der Waals surface area contributed by atoms with E-state index in [1.807, 2.05) is 6.92 Å². The fourth-order valence-electron chi connectivity index (χ4n) is 1.81. The van der Waals surface area contributed by atoms with Gasteiger partial charge in [0.15, 0.2) is 12.9 Å². The number of hydrogen-bond donors (Lipinski definition) is 1. The van der Waals surface area contributed by atoms with Gasteiger partial charge in [-0.3, -0.25) is 4.79 Å². The third-order valence-corrected chi connectivity index (χ3v) is 3.11. The highest BCUT2D eigenvalue weighted by Crippen LogP contribution is 2.21. The topological polar surface area (TPSA) is 38.3 Å². The molecule has 0 aromatic heterocycles. The fourth-order valence-corrected chi connectivity index (χ4v) is 2.03. The molecule has 1 unspecified atom stereocenters. The maximum Gasteiger partial charge on any atom is 0.260 e. The van der Waals surface area contributed by atoms with Crippen LogP contribution in [0, 0.1) is 6.92 Å². The third-order valence-electron chi connectivity index (χ3n) is 2.88. The van der Waals surface area contributed by atoms with Gasteiger partial charge in [0.25, 0.3) is 5.91 Å². The third kappa shape index (κ3) is 4.46. The maximum absolute atomic E-state index is 13.8. The number of amides is 1. The molecule has 0 spiro atoms. The zero-order valence-corrected chi connectivity index (χ0v) is 12.2. The van der Waals surface area contributed by atoms with E-state index in [0.717, 1.165) is 5.56 Å². The molecule has 0 fully saturated rings. The van der Waals surface area contributed by atoms with Gasteiger partial charge in [0.05, 0.1) is 0 Å². The van der Waals surface area contributed by atoms with Gasteiger partial charge in [-0.05, 0) is 30.7 Å². The summed E-state index contributed by atoms with van der Waals surface area (Å²) in [5, 5.41) is 2.84. The van der Waals surface area contributed by atoms with Crippen LogP contribution in [0.1, 0.15) is 17.4 Å². The minimum Gasteiger partial charge on any atom is -0.484 e. The molecule has 0 aliphatic heterocycles. The van der Waals surface area contributed by atoms with E-state index >= 15 is 0 Å². The van der Waals surface area contributed by atoms with Crippen molar-refractivity contribution >= 4 is 17.5 Å². The molecule has 1 N–H and O–H groups in total. The Bertz CT molecular complexity index is 619. The number of carbonyl (C=O) groups is 1. The first-order chi connectivity index (χ1) is 10.1. The lowest BCUT2D eigenvalue weighted by Gasteiger charge is -2.12. The summed E-state index contributed by atoms with van der Waals surface area (Å²) < 4.78 is 19.2. The molecule has 0 radical (unpaired) electrons. The number of benzene rings is 2. The number of hydrogen-bond acceptors (Lipinski definition) is 2. The lowest BCUT2D eigenvalue weighted by atomic mass is 10.2. The molecular weight excluding hydrogens is 293 g/mol. The molecule has 2 aromatic carbocycles. The van der Waals surface area contributed by atoms with Crippen LogP contribution in [0.15, 0.2) is 48.5 Å². The summed E-state index contributed by atoms with van der Waals surface area (Å²) in [6.45, 7) is 1.57. The molecule has 1 amide bonds.